The van der Waals surface area contributed by atoms with Crippen LogP contribution in [0.5, 0.6) is 0 Å². The minimum absolute atomic E-state index is 0.00674. The van der Waals surface area contributed by atoms with Crippen LogP contribution in [0, 0.1) is 17.2 Å². The Morgan fingerprint density at radius 1 is 1.42 bits per heavy atom. The SMILES string of the molecule is C[C@@H](CCO)CNc1cc(C#N)ccc1C(F)(F)F. The van der Waals surface area contributed by atoms with Gasteiger partial charge < -0.3 is 10.4 Å². The van der Waals surface area contributed by atoms with Crippen LogP contribution in [-0.4, -0.2) is 18.3 Å². The van der Waals surface area contributed by atoms with Crippen LogP contribution >= 0.6 is 0 Å². The minimum Gasteiger partial charge on any atom is -0.396 e. The largest absolute Gasteiger partial charge is 0.418 e. The third-order valence-corrected chi connectivity index (χ3v) is 2.72. The van der Waals surface area contributed by atoms with Crippen molar-refractivity contribution in [3.8, 4) is 6.07 Å². The topological polar surface area (TPSA) is 56.0 Å². The van der Waals surface area contributed by atoms with Gasteiger partial charge in [-0.05, 0) is 30.5 Å². The van der Waals surface area contributed by atoms with Gasteiger partial charge in [0, 0.05) is 18.8 Å². The zero-order chi connectivity index (χ0) is 14.5. The number of halogens is 3. The number of alkyl halides is 3. The second kappa shape index (κ2) is 6.43. The Hall–Kier alpha value is -1.74. The van der Waals surface area contributed by atoms with Gasteiger partial charge in [-0.2, -0.15) is 18.4 Å². The third kappa shape index (κ3) is 4.45. The van der Waals surface area contributed by atoms with Crippen molar-refractivity contribution in [1.82, 2.24) is 0 Å². The predicted octanol–water partition coefficient (Wildman–Crippen LogP) is 3.01. The van der Waals surface area contributed by atoms with Crippen molar-refractivity contribution in [1.29, 1.82) is 5.26 Å². The molecule has 0 radical (unpaired) electrons. The summed E-state index contributed by atoms with van der Waals surface area (Å²) in [6, 6.07) is 5.04. The number of nitrogens with zero attached hydrogens (tertiary/aromatic N) is 1. The van der Waals surface area contributed by atoms with Crippen LogP contribution in [0.25, 0.3) is 0 Å². The van der Waals surface area contributed by atoms with Gasteiger partial charge in [0.2, 0.25) is 0 Å². The molecule has 0 fully saturated rings. The van der Waals surface area contributed by atoms with E-state index in [-0.39, 0.29) is 23.8 Å². The van der Waals surface area contributed by atoms with Crippen LogP contribution in [0.2, 0.25) is 0 Å². The number of nitriles is 1. The highest BCUT2D eigenvalue weighted by atomic mass is 19.4. The quantitative estimate of drug-likeness (QED) is 0.866. The Kier molecular flexibility index (Phi) is 5.19. The van der Waals surface area contributed by atoms with E-state index in [4.69, 9.17) is 10.4 Å². The van der Waals surface area contributed by atoms with E-state index < -0.39 is 11.7 Å². The summed E-state index contributed by atoms with van der Waals surface area (Å²) in [5.74, 6) is 0.0387. The Balaban J connectivity index is 2.93. The van der Waals surface area contributed by atoms with Gasteiger partial charge in [0.1, 0.15) is 0 Å². The average Bonchev–Trinajstić information content (AvgIpc) is 2.35. The summed E-state index contributed by atoms with van der Waals surface area (Å²) >= 11 is 0. The molecular weight excluding hydrogens is 257 g/mol. The highest BCUT2D eigenvalue weighted by molar-refractivity contribution is 5.57. The van der Waals surface area contributed by atoms with Crippen molar-refractivity contribution in [3.63, 3.8) is 0 Å². The lowest BCUT2D eigenvalue weighted by Crippen LogP contribution is -2.16. The van der Waals surface area contributed by atoms with E-state index in [9.17, 15) is 13.2 Å². The number of aliphatic hydroxyl groups is 1. The molecule has 0 spiro atoms. The van der Waals surface area contributed by atoms with E-state index in [0.717, 1.165) is 12.1 Å². The van der Waals surface area contributed by atoms with Crippen LogP contribution in [-0.2, 0) is 6.18 Å². The lowest BCUT2D eigenvalue weighted by molar-refractivity contribution is -0.137. The van der Waals surface area contributed by atoms with Gasteiger partial charge in [0.15, 0.2) is 0 Å². The van der Waals surface area contributed by atoms with E-state index in [2.05, 4.69) is 5.32 Å². The molecule has 0 aliphatic carbocycles. The number of hydrogen-bond acceptors (Lipinski definition) is 3. The molecular formula is C13H15F3N2O. The van der Waals surface area contributed by atoms with Gasteiger partial charge in [-0.15, -0.1) is 0 Å². The summed E-state index contributed by atoms with van der Waals surface area (Å²) in [5, 5.41) is 20.2. The summed E-state index contributed by atoms with van der Waals surface area (Å²) in [4.78, 5) is 0. The number of aliphatic hydroxyl groups excluding tert-OH is 1. The number of rotatable bonds is 5. The molecule has 0 aromatic heterocycles. The maximum atomic E-state index is 12.8. The maximum absolute atomic E-state index is 12.8. The van der Waals surface area contributed by atoms with Gasteiger partial charge in [0.05, 0.1) is 17.2 Å². The molecule has 0 bridgehead atoms. The Morgan fingerprint density at radius 3 is 2.63 bits per heavy atom. The lowest BCUT2D eigenvalue weighted by atomic mass is 10.1. The first-order valence-electron chi connectivity index (χ1n) is 5.84. The first kappa shape index (κ1) is 15.3. The Morgan fingerprint density at radius 2 is 2.11 bits per heavy atom. The summed E-state index contributed by atoms with van der Waals surface area (Å²) in [5.41, 5.74) is -0.718. The molecule has 104 valence electrons. The van der Waals surface area contributed by atoms with Crippen molar-refractivity contribution in [2.75, 3.05) is 18.5 Å². The molecule has 0 saturated heterocycles. The molecule has 19 heavy (non-hydrogen) atoms. The second-order valence-corrected chi connectivity index (χ2v) is 4.37. The fourth-order valence-corrected chi connectivity index (χ4v) is 1.61. The Bertz CT molecular complexity index is 466. The number of anilines is 1. The molecule has 0 unspecified atom stereocenters. The molecule has 0 aliphatic heterocycles. The van der Waals surface area contributed by atoms with Crippen LogP contribution < -0.4 is 5.32 Å². The summed E-state index contributed by atoms with van der Waals surface area (Å²) in [6.45, 7) is 2.12. The summed E-state index contributed by atoms with van der Waals surface area (Å²) in [7, 11) is 0. The smallest absolute Gasteiger partial charge is 0.396 e. The standard InChI is InChI=1S/C13H15F3N2O/c1-9(4-5-19)8-18-12-6-10(7-17)2-3-11(12)13(14,15)16/h2-3,6,9,18-19H,4-5,8H2,1H3/t9-/m0/s1. The van der Waals surface area contributed by atoms with Gasteiger partial charge in [0.25, 0.3) is 0 Å². The van der Waals surface area contributed by atoms with Crippen LogP contribution in [0.4, 0.5) is 18.9 Å². The fourth-order valence-electron chi connectivity index (χ4n) is 1.61. The fraction of sp³-hybridized carbons (Fsp3) is 0.462. The molecule has 0 aliphatic rings. The van der Waals surface area contributed by atoms with Crippen molar-refractivity contribution in [2.45, 2.75) is 19.5 Å². The van der Waals surface area contributed by atoms with Crippen LogP contribution in [0.1, 0.15) is 24.5 Å². The zero-order valence-corrected chi connectivity index (χ0v) is 10.5. The van der Waals surface area contributed by atoms with Gasteiger partial charge in [-0.1, -0.05) is 6.92 Å². The number of benzene rings is 1. The Labute approximate surface area is 109 Å². The molecule has 0 heterocycles. The molecule has 3 nitrogen and oxygen atoms in total. The highest BCUT2D eigenvalue weighted by Crippen LogP contribution is 2.35. The summed E-state index contributed by atoms with van der Waals surface area (Å²) < 4.78 is 38.4. The minimum atomic E-state index is -4.46. The lowest BCUT2D eigenvalue weighted by Gasteiger charge is -2.17. The first-order chi connectivity index (χ1) is 8.88. The van der Waals surface area contributed by atoms with E-state index in [1.807, 2.05) is 13.0 Å². The average molecular weight is 272 g/mol. The molecule has 1 rings (SSSR count). The molecule has 0 saturated carbocycles. The van der Waals surface area contributed by atoms with Crippen LogP contribution in [0.3, 0.4) is 0 Å². The van der Waals surface area contributed by atoms with E-state index in [0.29, 0.717) is 13.0 Å². The molecule has 6 heteroatoms. The molecule has 1 aromatic carbocycles. The third-order valence-electron chi connectivity index (χ3n) is 2.72. The maximum Gasteiger partial charge on any atom is 0.418 e. The van der Waals surface area contributed by atoms with E-state index in [1.54, 1.807) is 0 Å². The second-order valence-electron chi connectivity index (χ2n) is 4.37. The van der Waals surface area contributed by atoms with E-state index in [1.165, 1.54) is 6.07 Å². The highest BCUT2D eigenvalue weighted by Gasteiger charge is 2.33. The summed E-state index contributed by atoms with van der Waals surface area (Å²) in [6.07, 6.45) is -3.96. The van der Waals surface area contributed by atoms with E-state index >= 15 is 0 Å². The van der Waals surface area contributed by atoms with Crippen LogP contribution in [0.15, 0.2) is 18.2 Å². The number of hydrogen-bond donors (Lipinski definition) is 2. The van der Waals surface area contributed by atoms with Gasteiger partial charge in [-0.3, -0.25) is 0 Å². The van der Waals surface area contributed by atoms with Gasteiger partial charge in [-0.25, -0.2) is 0 Å². The normalized spacial score (nSPS) is 12.8. The number of nitrogens with one attached hydrogen (secondary N) is 1. The first-order valence-corrected chi connectivity index (χ1v) is 5.84. The monoisotopic (exact) mass is 272 g/mol. The molecule has 2 N–H and O–H groups in total. The van der Waals surface area contributed by atoms with Crippen molar-refractivity contribution < 1.29 is 18.3 Å². The van der Waals surface area contributed by atoms with Crippen molar-refractivity contribution in [3.05, 3.63) is 29.3 Å². The molecule has 1 atom stereocenters. The molecule has 0 amide bonds. The predicted molar refractivity (Wildman–Crippen MR) is 65.5 cm³/mol. The van der Waals surface area contributed by atoms with Gasteiger partial charge >= 0.3 is 6.18 Å². The van der Waals surface area contributed by atoms with Crippen molar-refractivity contribution in [2.24, 2.45) is 5.92 Å². The molecule has 1 aromatic rings. The van der Waals surface area contributed by atoms with Crippen molar-refractivity contribution >= 4 is 5.69 Å². The zero-order valence-electron chi connectivity index (χ0n) is 10.5.